The van der Waals surface area contributed by atoms with Gasteiger partial charge in [0.05, 0.1) is 17.7 Å². The molecular weight excluding hydrogens is 357 g/mol. The molecule has 2 N–H and O–H groups in total. The minimum atomic E-state index is -0.432. The number of halogens is 1. The maximum absolute atomic E-state index is 13.8. The molecule has 2 atom stereocenters. The quantitative estimate of drug-likeness (QED) is 0.800. The average molecular weight is 381 g/mol. The minimum absolute atomic E-state index is 0.0149. The van der Waals surface area contributed by atoms with Crippen LogP contribution in [0.5, 0.6) is 5.75 Å². The smallest absolute Gasteiger partial charge is 0.224 e. The monoisotopic (exact) mass is 381 g/mol. The Bertz CT molecular complexity index is 865. The van der Waals surface area contributed by atoms with E-state index in [4.69, 9.17) is 15.7 Å². The summed E-state index contributed by atoms with van der Waals surface area (Å²) in [4.78, 5) is 14.5. The van der Waals surface area contributed by atoms with Gasteiger partial charge in [-0.3, -0.25) is 4.79 Å². The summed E-state index contributed by atoms with van der Waals surface area (Å²) in [6, 6.07) is 15.1. The van der Waals surface area contributed by atoms with Gasteiger partial charge < -0.3 is 15.4 Å². The van der Waals surface area contributed by atoms with Crippen LogP contribution in [0.25, 0.3) is 0 Å². The van der Waals surface area contributed by atoms with E-state index in [1.165, 1.54) is 6.07 Å². The number of hydrogen-bond acceptors (Lipinski definition) is 4. The van der Waals surface area contributed by atoms with Crippen LogP contribution in [0.15, 0.2) is 48.5 Å². The molecular formula is C22H24FN3O2. The molecule has 0 aromatic heterocycles. The zero-order valence-electron chi connectivity index (χ0n) is 15.7. The van der Waals surface area contributed by atoms with E-state index >= 15 is 0 Å². The van der Waals surface area contributed by atoms with Gasteiger partial charge in [-0.15, -0.1) is 0 Å². The van der Waals surface area contributed by atoms with Gasteiger partial charge >= 0.3 is 0 Å². The lowest BCUT2D eigenvalue weighted by molar-refractivity contribution is -0.132. The number of carbonyl (C=O) groups is 1. The molecule has 1 amide bonds. The van der Waals surface area contributed by atoms with Gasteiger partial charge in [0.2, 0.25) is 5.91 Å². The fourth-order valence-corrected chi connectivity index (χ4v) is 3.55. The Balaban J connectivity index is 1.53. The van der Waals surface area contributed by atoms with Gasteiger partial charge in [0.1, 0.15) is 18.2 Å². The van der Waals surface area contributed by atoms with Crippen molar-refractivity contribution >= 4 is 5.91 Å². The molecule has 0 saturated carbocycles. The molecule has 0 bridgehead atoms. The molecule has 1 aliphatic heterocycles. The van der Waals surface area contributed by atoms with Crippen LogP contribution in [0.3, 0.4) is 0 Å². The summed E-state index contributed by atoms with van der Waals surface area (Å²) in [5.74, 6) is 0.299. The van der Waals surface area contributed by atoms with Crippen LogP contribution in [0.1, 0.15) is 30.4 Å². The van der Waals surface area contributed by atoms with Crippen molar-refractivity contribution in [2.24, 2.45) is 5.73 Å². The molecule has 0 spiro atoms. The molecule has 1 heterocycles. The van der Waals surface area contributed by atoms with E-state index in [9.17, 15) is 9.18 Å². The molecule has 1 fully saturated rings. The predicted octanol–water partition coefficient (Wildman–Crippen LogP) is 3.03. The molecule has 6 heteroatoms. The highest BCUT2D eigenvalue weighted by Gasteiger charge is 2.30. The standard InChI is InChI=1S/C22H24FN3O2/c23-21-9-2-1-6-17(21)12-18(25)13-22(27)26-10-4-7-19(26)15-28-20-8-3-5-16(11-20)14-24/h1-3,5-6,8-9,11,18-19H,4,7,10,12-13,15,25H2/t18?,19-/m0/s1. The first-order chi connectivity index (χ1) is 13.6. The summed E-state index contributed by atoms with van der Waals surface area (Å²) in [7, 11) is 0. The lowest BCUT2D eigenvalue weighted by Gasteiger charge is -2.26. The molecule has 1 aliphatic rings. The molecule has 1 saturated heterocycles. The topological polar surface area (TPSA) is 79.3 Å². The van der Waals surface area contributed by atoms with E-state index in [1.807, 2.05) is 4.90 Å². The van der Waals surface area contributed by atoms with Gasteiger partial charge in [-0.1, -0.05) is 24.3 Å². The van der Waals surface area contributed by atoms with Crippen LogP contribution in [-0.4, -0.2) is 36.0 Å². The van der Waals surface area contributed by atoms with Crippen molar-refractivity contribution in [3.05, 3.63) is 65.5 Å². The highest BCUT2D eigenvalue weighted by molar-refractivity contribution is 5.77. The van der Waals surface area contributed by atoms with E-state index in [2.05, 4.69) is 6.07 Å². The van der Waals surface area contributed by atoms with Crippen molar-refractivity contribution < 1.29 is 13.9 Å². The van der Waals surface area contributed by atoms with E-state index in [-0.39, 0.29) is 24.2 Å². The number of ether oxygens (including phenoxy) is 1. The maximum atomic E-state index is 13.8. The Morgan fingerprint density at radius 3 is 2.93 bits per heavy atom. The van der Waals surface area contributed by atoms with Gasteiger partial charge in [-0.2, -0.15) is 5.26 Å². The molecule has 1 unspecified atom stereocenters. The third-order valence-electron chi connectivity index (χ3n) is 4.98. The Morgan fingerprint density at radius 1 is 1.32 bits per heavy atom. The summed E-state index contributed by atoms with van der Waals surface area (Å²) in [5, 5.41) is 8.97. The SMILES string of the molecule is N#Cc1cccc(OC[C@@H]2CCCN2C(=O)CC(N)Cc2ccccc2F)c1. The number of likely N-dealkylation sites (tertiary alicyclic amines) is 1. The molecule has 5 nitrogen and oxygen atoms in total. The van der Waals surface area contributed by atoms with E-state index in [1.54, 1.807) is 42.5 Å². The number of amides is 1. The fourth-order valence-electron chi connectivity index (χ4n) is 3.55. The van der Waals surface area contributed by atoms with Crippen LogP contribution < -0.4 is 10.5 Å². The number of hydrogen-bond donors (Lipinski definition) is 1. The van der Waals surface area contributed by atoms with Crippen LogP contribution in [0, 0.1) is 17.1 Å². The largest absolute Gasteiger partial charge is 0.491 e. The van der Waals surface area contributed by atoms with Crippen molar-refractivity contribution in [2.75, 3.05) is 13.2 Å². The highest BCUT2D eigenvalue weighted by Crippen LogP contribution is 2.21. The summed E-state index contributed by atoms with van der Waals surface area (Å²) in [6.45, 7) is 1.06. The second-order valence-corrected chi connectivity index (χ2v) is 7.09. The second kappa shape index (κ2) is 9.34. The van der Waals surface area contributed by atoms with E-state index in [0.717, 1.165) is 12.8 Å². The molecule has 146 valence electrons. The maximum Gasteiger partial charge on any atom is 0.224 e. The van der Waals surface area contributed by atoms with E-state index < -0.39 is 6.04 Å². The first-order valence-corrected chi connectivity index (χ1v) is 9.48. The normalized spacial score (nSPS) is 17.2. The van der Waals surface area contributed by atoms with E-state index in [0.29, 0.717) is 36.4 Å². The lowest BCUT2D eigenvalue weighted by Crippen LogP contribution is -2.42. The summed E-state index contributed by atoms with van der Waals surface area (Å²) >= 11 is 0. The van der Waals surface area contributed by atoms with Gasteiger partial charge in [-0.25, -0.2) is 4.39 Å². The van der Waals surface area contributed by atoms with Crippen LogP contribution in [0.4, 0.5) is 4.39 Å². The molecule has 2 aromatic rings. The number of carbonyl (C=O) groups excluding carboxylic acids is 1. The van der Waals surface area contributed by atoms with Crippen LogP contribution in [0.2, 0.25) is 0 Å². The van der Waals surface area contributed by atoms with Crippen molar-refractivity contribution in [3.8, 4) is 11.8 Å². The van der Waals surface area contributed by atoms with Gasteiger partial charge in [0, 0.05) is 19.0 Å². The third kappa shape index (κ3) is 5.08. The molecule has 28 heavy (non-hydrogen) atoms. The van der Waals surface area contributed by atoms with Gasteiger partial charge in [0.25, 0.3) is 0 Å². The second-order valence-electron chi connectivity index (χ2n) is 7.09. The molecule has 2 aromatic carbocycles. The summed E-state index contributed by atoms with van der Waals surface area (Å²) < 4.78 is 19.6. The number of nitriles is 1. The van der Waals surface area contributed by atoms with Crippen LogP contribution >= 0.6 is 0 Å². The highest BCUT2D eigenvalue weighted by atomic mass is 19.1. The number of nitrogens with two attached hydrogens (primary N) is 1. The Hall–Kier alpha value is -2.91. The Morgan fingerprint density at radius 2 is 2.14 bits per heavy atom. The first-order valence-electron chi connectivity index (χ1n) is 9.48. The zero-order valence-corrected chi connectivity index (χ0v) is 15.7. The van der Waals surface area contributed by atoms with Crippen molar-refractivity contribution in [1.29, 1.82) is 5.26 Å². The average Bonchev–Trinajstić information content (AvgIpc) is 3.17. The summed E-state index contributed by atoms with van der Waals surface area (Å²) in [5.41, 5.74) is 7.18. The van der Waals surface area contributed by atoms with Crippen molar-refractivity contribution in [1.82, 2.24) is 4.90 Å². The fraction of sp³-hybridized carbons (Fsp3) is 0.364. The Labute approximate surface area is 164 Å². The summed E-state index contributed by atoms with van der Waals surface area (Å²) in [6.07, 6.45) is 2.29. The van der Waals surface area contributed by atoms with Gasteiger partial charge in [-0.05, 0) is 49.1 Å². The number of benzene rings is 2. The van der Waals surface area contributed by atoms with Crippen molar-refractivity contribution in [3.63, 3.8) is 0 Å². The third-order valence-corrected chi connectivity index (χ3v) is 4.98. The lowest BCUT2D eigenvalue weighted by atomic mass is 10.0. The molecule has 0 radical (unpaired) electrons. The Kier molecular flexibility index (Phi) is 6.62. The number of rotatable bonds is 7. The minimum Gasteiger partial charge on any atom is -0.491 e. The molecule has 0 aliphatic carbocycles. The van der Waals surface area contributed by atoms with Crippen molar-refractivity contribution in [2.45, 2.75) is 37.8 Å². The predicted molar refractivity (Wildman–Crippen MR) is 104 cm³/mol. The van der Waals surface area contributed by atoms with Crippen LogP contribution in [-0.2, 0) is 11.2 Å². The van der Waals surface area contributed by atoms with Gasteiger partial charge in [0.15, 0.2) is 0 Å². The first kappa shape index (κ1) is 19.8. The molecule has 3 rings (SSSR count). The number of nitrogens with zero attached hydrogens (tertiary/aromatic N) is 2. The zero-order chi connectivity index (χ0) is 19.9.